The summed E-state index contributed by atoms with van der Waals surface area (Å²) in [5.74, 6) is 0.676. The average Bonchev–Trinajstić information content (AvgIpc) is 2.68. The lowest BCUT2D eigenvalue weighted by Crippen LogP contribution is -2.60. The highest BCUT2D eigenvalue weighted by atomic mass is 16.1. The van der Waals surface area contributed by atoms with Crippen LogP contribution in [0.3, 0.4) is 0 Å². The second kappa shape index (κ2) is 6.74. The monoisotopic (exact) mass is 266 g/mol. The first-order valence-corrected chi connectivity index (χ1v) is 8.24. The smallest absolute Gasteiger partial charge is 0.237 e. The maximum absolute atomic E-state index is 12.0. The van der Waals surface area contributed by atoms with Gasteiger partial charge in [-0.25, -0.2) is 0 Å². The van der Waals surface area contributed by atoms with Gasteiger partial charge < -0.3 is 11.1 Å². The SMILES string of the molecule is CCC1CCC(NC2CCCCCC2)(C(N)=O)CC1. The third kappa shape index (κ3) is 3.71. The molecule has 0 aliphatic heterocycles. The molecule has 2 aliphatic carbocycles. The van der Waals surface area contributed by atoms with Crippen molar-refractivity contribution in [1.29, 1.82) is 0 Å². The molecule has 2 fully saturated rings. The van der Waals surface area contributed by atoms with E-state index in [1.165, 1.54) is 44.9 Å². The van der Waals surface area contributed by atoms with Crippen molar-refractivity contribution < 1.29 is 4.79 Å². The van der Waals surface area contributed by atoms with Gasteiger partial charge in [-0.1, -0.05) is 39.0 Å². The van der Waals surface area contributed by atoms with E-state index in [1.54, 1.807) is 0 Å². The Labute approximate surface area is 117 Å². The van der Waals surface area contributed by atoms with Gasteiger partial charge in [0, 0.05) is 6.04 Å². The van der Waals surface area contributed by atoms with Gasteiger partial charge in [-0.2, -0.15) is 0 Å². The summed E-state index contributed by atoms with van der Waals surface area (Å²) in [5.41, 5.74) is 5.34. The van der Waals surface area contributed by atoms with E-state index in [1.807, 2.05) is 0 Å². The first-order valence-electron chi connectivity index (χ1n) is 8.24. The summed E-state index contributed by atoms with van der Waals surface area (Å²) in [5, 5.41) is 3.68. The molecule has 0 unspecified atom stereocenters. The van der Waals surface area contributed by atoms with Gasteiger partial charge in [0.1, 0.15) is 0 Å². The highest BCUT2D eigenvalue weighted by Gasteiger charge is 2.41. The summed E-state index contributed by atoms with van der Waals surface area (Å²) in [7, 11) is 0. The third-order valence-electron chi connectivity index (χ3n) is 5.34. The van der Waals surface area contributed by atoms with E-state index in [0.29, 0.717) is 6.04 Å². The Hall–Kier alpha value is -0.570. The number of carbonyl (C=O) groups excluding carboxylic acids is 1. The number of nitrogens with two attached hydrogens (primary N) is 1. The average molecular weight is 266 g/mol. The van der Waals surface area contributed by atoms with Gasteiger partial charge >= 0.3 is 0 Å². The van der Waals surface area contributed by atoms with Crippen LogP contribution in [0.1, 0.15) is 77.6 Å². The van der Waals surface area contributed by atoms with Crippen LogP contribution in [0.25, 0.3) is 0 Å². The molecule has 110 valence electrons. The maximum atomic E-state index is 12.0. The molecule has 0 aromatic rings. The van der Waals surface area contributed by atoms with Crippen LogP contribution >= 0.6 is 0 Å². The summed E-state index contributed by atoms with van der Waals surface area (Å²) in [6.07, 6.45) is 13.1. The number of rotatable bonds is 4. The maximum Gasteiger partial charge on any atom is 0.237 e. The number of carbonyl (C=O) groups is 1. The molecule has 2 rings (SSSR count). The molecule has 0 atom stereocenters. The largest absolute Gasteiger partial charge is 0.368 e. The molecule has 3 N–H and O–H groups in total. The molecule has 0 aromatic carbocycles. The van der Waals surface area contributed by atoms with Gasteiger partial charge in [0.15, 0.2) is 0 Å². The van der Waals surface area contributed by atoms with Crippen molar-refractivity contribution in [3.05, 3.63) is 0 Å². The summed E-state index contributed by atoms with van der Waals surface area (Å²) in [6, 6.07) is 0.508. The Morgan fingerprint density at radius 3 is 2.16 bits per heavy atom. The molecule has 1 amide bonds. The number of amides is 1. The second-order valence-corrected chi connectivity index (χ2v) is 6.63. The van der Waals surface area contributed by atoms with E-state index in [4.69, 9.17) is 5.73 Å². The quantitative estimate of drug-likeness (QED) is 0.768. The Morgan fingerprint density at radius 2 is 1.68 bits per heavy atom. The van der Waals surface area contributed by atoms with Gasteiger partial charge in [0.2, 0.25) is 5.91 Å². The topological polar surface area (TPSA) is 55.1 Å². The van der Waals surface area contributed by atoms with Gasteiger partial charge in [0.05, 0.1) is 5.54 Å². The molecular formula is C16H30N2O. The Balaban J connectivity index is 1.97. The minimum atomic E-state index is -0.402. The van der Waals surface area contributed by atoms with Crippen molar-refractivity contribution in [1.82, 2.24) is 5.32 Å². The van der Waals surface area contributed by atoms with Crippen molar-refractivity contribution in [3.63, 3.8) is 0 Å². The summed E-state index contributed by atoms with van der Waals surface area (Å²) in [4.78, 5) is 12.0. The summed E-state index contributed by atoms with van der Waals surface area (Å²) >= 11 is 0. The molecule has 0 radical (unpaired) electrons. The number of primary amides is 1. The number of hydrogen-bond donors (Lipinski definition) is 2. The van der Waals surface area contributed by atoms with Crippen molar-refractivity contribution in [3.8, 4) is 0 Å². The Kier molecular flexibility index (Phi) is 5.26. The molecule has 19 heavy (non-hydrogen) atoms. The van der Waals surface area contributed by atoms with E-state index in [2.05, 4.69) is 12.2 Å². The zero-order chi connectivity index (χ0) is 13.7. The van der Waals surface area contributed by atoms with Crippen molar-refractivity contribution in [2.24, 2.45) is 11.7 Å². The van der Waals surface area contributed by atoms with Crippen molar-refractivity contribution in [2.75, 3.05) is 0 Å². The summed E-state index contributed by atoms with van der Waals surface area (Å²) < 4.78 is 0. The van der Waals surface area contributed by atoms with Crippen LogP contribution in [-0.4, -0.2) is 17.5 Å². The molecule has 2 aliphatic rings. The van der Waals surface area contributed by atoms with Gasteiger partial charge in [-0.05, 0) is 44.4 Å². The highest BCUT2D eigenvalue weighted by molar-refractivity contribution is 5.84. The lowest BCUT2D eigenvalue weighted by atomic mass is 9.74. The fraction of sp³-hybridized carbons (Fsp3) is 0.938. The molecule has 3 nitrogen and oxygen atoms in total. The first kappa shape index (κ1) is 14.8. The molecule has 0 spiro atoms. The van der Waals surface area contributed by atoms with E-state index < -0.39 is 5.54 Å². The van der Waals surface area contributed by atoms with E-state index >= 15 is 0 Å². The fourth-order valence-corrected chi connectivity index (χ4v) is 3.85. The van der Waals surface area contributed by atoms with Gasteiger partial charge in [-0.15, -0.1) is 0 Å². The number of nitrogens with one attached hydrogen (secondary N) is 1. The predicted octanol–water partition coefficient (Wildman–Crippen LogP) is 3.12. The van der Waals surface area contributed by atoms with Crippen LogP contribution < -0.4 is 11.1 Å². The fourth-order valence-electron chi connectivity index (χ4n) is 3.85. The molecule has 0 aromatic heterocycles. The molecule has 0 bridgehead atoms. The van der Waals surface area contributed by atoms with Gasteiger partial charge in [0.25, 0.3) is 0 Å². The minimum absolute atomic E-state index is 0.119. The molecular weight excluding hydrogens is 236 g/mol. The molecule has 2 saturated carbocycles. The van der Waals surface area contributed by atoms with E-state index in [-0.39, 0.29) is 5.91 Å². The van der Waals surface area contributed by atoms with E-state index in [9.17, 15) is 4.79 Å². The lowest BCUT2D eigenvalue weighted by Gasteiger charge is -2.41. The number of hydrogen-bond acceptors (Lipinski definition) is 2. The molecule has 0 saturated heterocycles. The zero-order valence-corrected chi connectivity index (χ0v) is 12.4. The lowest BCUT2D eigenvalue weighted by molar-refractivity contribution is -0.126. The van der Waals surface area contributed by atoms with E-state index in [0.717, 1.165) is 31.6 Å². The third-order valence-corrected chi connectivity index (χ3v) is 5.34. The Morgan fingerprint density at radius 1 is 1.11 bits per heavy atom. The predicted molar refractivity (Wildman–Crippen MR) is 78.8 cm³/mol. The van der Waals surface area contributed by atoms with Crippen LogP contribution in [0, 0.1) is 5.92 Å². The second-order valence-electron chi connectivity index (χ2n) is 6.63. The summed E-state index contributed by atoms with van der Waals surface area (Å²) in [6.45, 7) is 2.25. The minimum Gasteiger partial charge on any atom is -0.368 e. The van der Waals surface area contributed by atoms with Crippen molar-refractivity contribution >= 4 is 5.91 Å². The van der Waals surface area contributed by atoms with Crippen LogP contribution in [-0.2, 0) is 4.79 Å². The normalized spacial score (nSPS) is 33.8. The zero-order valence-electron chi connectivity index (χ0n) is 12.4. The first-order chi connectivity index (χ1) is 9.16. The standard InChI is InChI=1S/C16H30N2O/c1-2-13-9-11-16(12-10-13,15(17)19)18-14-7-5-3-4-6-8-14/h13-14,18H,2-12H2,1H3,(H2,17,19). The van der Waals surface area contributed by atoms with Crippen molar-refractivity contribution in [2.45, 2.75) is 89.1 Å². The highest BCUT2D eigenvalue weighted by Crippen LogP contribution is 2.35. The van der Waals surface area contributed by atoms with Crippen LogP contribution in [0.5, 0.6) is 0 Å². The molecule has 3 heteroatoms. The molecule has 0 heterocycles. The Bertz CT molecular complexity index is 287. The van der Waals surface area contributed by atoms with Crippen LogP contribution in [0.4, 0.5) is 0 Å². The van der Waals surface area contributed by atoms with Crippen LogP contribution in [0.2, 0.25) is 0 Å². The van der Waals surface area contributed by atoms with Crippen LogP contribution in [0.15, 0.2) is 0 Å². The van der Waals surface area contributed by atoms with Gasteiger partial charge in [-0.3, -0.25) is 4.79 Å².